The third-order valence-electron chi connectivity index (χ3n) is 3.54. The second kappa shape index (κ2) is 5.56. The van der Waals surface area contributed by atoms with E-state index in [4.69, 9.17) is 0 Å². The van der Waals surface area contributed by atoms with Gasteiger partial charge in [-0.3, -0.25) is 4.79 Å². The molecule has 1 amide bonds. The van der Waals surface area contributed by atoms with Crippen LogP contribution < -0.4 is 5.32 Å². The number of ether oxygens (including phenoxy) is 1. The fraction of sp³-hybridized carbons (Fsp3) is 0.467. The summed E-state index contributed by atoms with van der Waals surface area (Å²) in [5.74, 6) is -0.356. The Labute approximate surface area is 127 Å². The monoisotopic (exact) mass is 339 g/mol. The molecule has 1 saturated carbocycles. The Bertz CT molecular complexity index is 542. The standard InChI is InChI=1S/C15H18BrNO3/c1-15(2,14(19)20-3)17-13(18)12-8-11(12)9-5-4-6-10(16)7-9/h4-7,11-12H,8H2,1-3H3,(H,17,18). The third kappa shape index (κ3) is 3.20. The smallest absolute Gasteiger partial charge is 0.330 e. The molecule has 0 aliphatic heterocycles. The first-order chi connectivity index (χ1) is 9.35. The average Bonchev–Trinajstić information content (AvgIpc) is 3.17. The van der Waals surface area contributed by atoms with Crippen molar-refractivity contribution >= 4 is 27.8 Å². The van der Waals surface area contributed by atoms with Crippen molar-refractivity contribution < 1.29 is 14.3 Å². The molecule has 0 spiro atoms. The molecule has 1 aromatic carbocycles. The van der Waals surface area contributed by atoms with E-state index in [0.717, 1.165) is 16.5 Å². The fourth-order valence-electron chi connectivity index (χ4n) is 2.30. The van der Waals surface area contributed by atoms with Crippen molar-refractivity contribution in [2.24, 2.45) is 5.92 Å². The maximum absolute atomic E-state index is 12.2. The van der Waals surface area contributed by atoms with Gasteiger partial charge in [0.1, 0.15) is 5.54 Å². The number of carbonyl (C=O) groups is 2. The highest BCUT2D eigenvalue weighted by atomic mass is 79.9. The maximum atomic E-state index is 12.2. The molecule has 108 valence electrons. The lowest BCUT2D eigenvalue weighted by atomic mass is 10.0. The summed E-state index contributed by atoms with van der Waals surface area (Å²) in [6, 6.07) is 7.98. The normalized spacial score (nSPS) is 21.2. The number of esters is 1. The highest BCUT2D eigenvalue weighted by Crippen LogP contribution is 2.48. The summed E-state index contributed by atoms with van der Waals surface area (Å²) in [7, 11) is 1.32. The first-order valence-electron chi connectivity index (χ1n) is 6.51. The van der Waals surface area contributed by atoms with Crippen LogP contribution in [0.5, 0.6) is 0 Å². The van der Waals surface area contributed by atoms with Gasteiger partial charge in [0.05, 0.1) is 7.11 Å². The average molecular weight is 340 g/mol. The molecule has 0 saturated heterocycles. The molecule has 0 radical (unpaired) electrons. The Morgan fingerprint density at radius 3 is 2.70 bits per heavy atom. The predicted octanol–water partition coefficient (Wildman–Crippen LogP) is 2.62. The van der Waals surface area contributed by atoms with Crippen molar-refractivity contribution in [3.63, 3.8) is 0 Å². The van der Waals surface area contributed by atoms with Crippen LogP contribution in [0.15, 0.2) is 28.7 Å². The Kier molecular flexibility index (Phi) is 4.18. The molecule has 1 aromatic rings. The van der Waals surface area contributed by atoms with Crippen LogP contribution in [-0.2, 0) is 14.3 Å². The Morgan fingerprint density at radius 1 is 1.40 bits per heavy atom. The van der Waals surface area contributed by atoms with E-state index in [1.807, 2.05) is 24.3 Å². The minimum absolute atomic E-state index is 0.0618. The van der Waals surface area contributed by atoms with Gasteiger partial charge in [0.15, 0.2) is 0 Å². The van der Waals surface area contributed by atoms with Gasteiger partial charge in [0.2, 0.25) is 5.91 Å². The largest absolute Gasteiger partial charge is 0.467 e. The molecule has 1 aliphatic rings. The molecule has 4 nitrogen and oxygen atoms in total. The van der Waals surface area contributed by atoms with Crippen molar-refractivity contribution in [3.8, 4) is 0 Å². The number of carbonyl (C=O) groups excluding carboxylic acids is 2. The zero-order chi connectivity index (χ0) is 14.9. The molecule has 0 bridgehead atoms. The molecule has 0 heterocycles. The lowest BCUT2D eigenvalue weighted by molar-refractivity contribution is -0.149. The van der Waals surface area contributed by atoms with Crippen LogP contribution in [0.2, 0.25) is 0 Å². The third-order valence-corrected chi connectivity index (χ3v) is 4.03. The lowest BCUT2D eigenvalue weighted by Gasteiger charge is -2.23. The van der Waals surface area contributed by atoms with Crippen molar-refractivity contribution in [2.75, 3.05) is 7.11 Å². The van der Waals surface area contributed by atoms with Gasteiger partial charge < -0.3 is 10.1 Å². The van der Waals surface area contributed by atoms with Crippen molar-refractivity contribution in [2.45, 2.75) is 31.7 Å². The topological polar surface area (TPSA) is 55.4 Å². The summed E-state index contributed by atoms with van der Waals surface area (Å²) in [6.45, 7) is 3.29. The van der Waals surface area contributed by atoms with Crippen molar-refractivity contribution in [1.82, 2.24) is 5.32 Å². The molecular formula is C15H18BrNO3. The second-order valence-corrected chi connectivity index (χ2v) is 6.53. The highest BCUT2D eigenvalue weighted by Gasteiger charge is 2.46. The molecule has 1 N–H and O–H groups in total. The summed E-state index contributed by atoms with van der Waals surface area (Å²) in [5.41, 5.74) is 0.159. The lowest BCUT2D eigenvalue weighted by Crippen LogP contribution is -2.51. The molecule has 1 aliphatic carbocycles. The number of rotatable bonds is 4. The minimum atomic E-state index is -0.990. The summed E-state index contributed by atoms with van der Waals surface area (Å²) in [4.78, 5) is 23.7. The molecule has 1 fully saturated rings. The summed E-state index contributed by atoms with van der Waals surface area (Å²) in [6.07, 6.45) is 0.819. The molecule has 2 rings (SSSR count). The van der Waals surface area contributed by atoms with Crippen LogP contribution in [0.1, 0.15) is 31.7 Å². The van der Waals surface area contributed by atoms with Gasteiger partial charge in [-0.2, -0.15) is 0 Å². The number of benzene rings is 1. The number of amides is 1. The molecular weight excluding hydrogens is 322 g/mol. The first-order valence-corrected chi connectivity index (χ1v) is 7.30. The Morgan fingerprint density at radius 2 is 2.10 bits per heavy atom. The van der Waals surface area contributed by atoms with E-state index in [1.165, 1.54) is 7.11 Å². The van der Waals surface area contributed by atoms with Gasteiger partial charge in [-0.25, -0.2) is 4.79 Å². The minimum Gasteiger partial charge on any atom is -0.467 e. The van der Waals surface area contributed by atoms with Crippen LogP contribution in [0.3, 0.4) is 0 Å². The molecule has 20 heavy (non-hydrogen) atoms. The zero-order valence-corrected chi connectivity index (χ0v) is 13.4. The van der Waals surface area contributed by atoms with Crippen LogP contribution in [0, 0.1) is 5.92 Å². The highest BCUT2D eigenvalue weighted by molar-refractivity contribution is 9.10. The molecule has 0 aromatic heterocycles. The molecule has 2 atom stereocenters. The second-order valence-electron chi connectivity index (χ2n) is 5.61. The van der Waals surface area contributed by atoms with Crippen LogP contribution >= 0.6 is 15.9 Å². The van der Waals surface area contributed by atoms with E-state index in [2.05, 4.69) is 26.0 Å². The Balaban J connectivity index is 1.98. The van der Waals surface area contributed by atoms with Crippen LogP contribution in [-0.4, -0.2) is 24.5 Å². The van der Waals surface area contributed by atoms with E-state index >= 15 is 0 Å². The number of nitrogens with one attached hydrogen (secondary N) is 1. The van der Waals surface area contributed by atoms with Crippen LogP contribution in [0.25, 0.3) is 0 Å². The van der Waals surface area contributed by atoms with E-state index in [9.17, 15) is 9.59 Å². The predicted molar refractivity (Wildman–Crippen MR) is 79.2 cm³/mol. The first kappa shape index (κ1) is 15.0. The van der Waals surface area contributed by atoms with Gasteiger partial charge in [-0.05, 0) is 43.9 Å². The van der Waals surface area contributed by atoms with E-state index in [0.29, 0.717) is 0 Å². The number of hydrogen-bond donors (Lipinski definition) is 1. The Hall–Kier alpha value is -1.36. The summed E-state index contributed by atoms with van der Waals surface area (Å²) >= 11 is 3.43. The SMILES string of the molecule is COC(=O)C(C)(C)NC(=O)C1CC1c1cccc(Br)c1. The van der Waals surface area contributed by atoms with Gasteiger partial charge in [-0.1, -0.05) is 28.1 Å². The quantitative estimate of drug-likeness (QED) is 0.858. The summed E-state index contributed by atoms with van der Waals surface area (Å²) in [5, 5.41) is 2.76. The van der Waals surface area contributed by atoms with Gasteiger partial charge in [-0.15, -0.1) is 0 Å². The maximum Gasteiger partial charge on any atom is 0.330 e. The number of hydrogen-bond acceptors (Lipinski definition) is 3. The molecule has 5 heteroatoms. The zero-order valence-electron chi connectivity index (χ0n) is 11.8. The molecule has 2 unspecified atom stereocenters. The summed E-state index contributed by atoms with van der Waals surface area (Å²) < 4.78 is 5.69. The van der Waals surface area contributed by atoms with E-state index in [-0.39, 0.29) is 17.7 Å². The number of methoxy groups -OCH3 is 1. The number of halogens is 1. The van der Waals surface area contributed by atoms with Gasteiger partial charge in [0.25, 0.3) is 0 Å². The van der Waals surface area contributed by atoms with E-state index in [1.54, 1.807) is 13.8 Å². The van der Waals surface area contributed by atoms with Crippen LogP contribution in [0.4, 0.5) is 0 Å². The van der Waals surface area contributed by atoms with Crippen molar-refractivity contribution in [1.29, 1.82) is 0 Å². The fourth-order valence-corrected chi connectivity index (χ4v) is 2.71. The van der Waals surface area contributed by atoms with Gasteiger partial charge in [0, 0.05) is 10.4 Å². The van der Waals surface area contributed by atoms with Crippen molar-refractivity contribution in [3.05, 3.63) is 34.3 Å². The van der Waals surface area contributed by atoms with Gasteiger partial charge >= 0.3 is 5.97 Å². The van der Waals surface area contributed by atoms with E-state index < -0.39 is 11.5 Å².